The second-order valence-electron chi connectivity index (χ2n) is 3.83. The van der Waals surface area contributed by atoms with Crippen molar-refractivity contribution >= 4 is 17.5 Å². The van der Waals surface area contributed by atoms with Crippen molar-refractivity contribution in [3.05, 3.63) is 58.8 Å². The maximum absolute atomic E-state index is 12.9. The van der Waals surface area contributed by atoms with Gasteiger partial charge in [0.2, 0.25) is 0 Å². The highest BCUT2D eigenvalue weighted by Crippen LogP contribution is 2.19. The van der Waals surface area contributed by atoms with Crippen LogP contribution in [-0.2, 0) is 0 Å². The molecular weight excluding hydrogens is 257 g/mol. The molecule has 0 saturated carbocycles. The Hall–Kier alpha value is -1.81. The molecule has 5 heteroatoms. The molecule has 0 bridgehead atoms. The third-order valence-electron chi connectivity index (χ3n) is 2.49. The molecule has 1 unspecified atom stereocenters. The van der Waals surface area contributed by atoms with Crippen LogP contribution in [0, 0.1) is 5.82 Å². The summed E-state index contributed by atoms with van der Waals surface area (Å²) in [5, 5.41) is 2.80. The maximum Gasteiger partial charge on any atom is 0.253 e. The minimum Gasteiger partial charge on any atom is -0.467 e. The number of hydrogen-bond acceptors (Lipinski definition) is 2. The van der Waals surface area contributed by atoms with Crippen LogP contribution in [0.1, 0.15) is 29.1 Å². The summed E-state index contributed by atoms with van der Waals surface area (Å²) in [6, 6.07) is 6.86. The SMILES string of the molecule is CC(NC(=O)c1ccc(F)cc1Cl)c1ccco1. The molecule has 1 amide bonds. The first-order valence-electron chi connectivity index (χ1n) is 5.37. The molecule has 0 spiro atoms. The summed E-state index contributed by atoms with van der Waals surface area (Å²) in [7, 11) is 0. The topological polar surface area (TPSA) is 42.2 Å². The summed E-state index contributed by atoms with van der Waals surface area (Å²) < 4.78 is 18.0. The van der Waals surface area contributed by atoms with Gasteiger partial charge in [0.1, 0.15) is 11.6 Å². The van der Waals surface area contributed by atoms with Crippen LogP contribution in [0.4, 0.5) is 4.39 Å². The zero-order valence-electron chi connectivity index (χ0n) is 9.61. The van der Waals surface area contributed by atoms with Gasteiger partial charge in [0.25, 0.3) is 5.91 Å². The molecule has 2 rings (SSSR count). The molecule has 0 radical (unpaired) electrons. The molecule has 1 heterocycles. The lowest BCUT2D eigenvalue weighted by Gasteiger charge is -2.12. The molecule has 1 aromatic carbocycles. The van der Waals surface area contributed by atoms with Gasteiger partial charge in [-0.1, -0.05) is 11.6 Å². The van der Waals surface area contributed by atoms with Crippen LogP contribution in [-0.4, -0.2) is 5.91 Å². The molecule has 2 aromatic rings. The van der Waals surface area contributed by atoms with Gasteiger partial charge in [-0.2, -0.15) is 0 Å². The Balaban J connectivity index is 2.12. The first kappa shape index (κ1) is 12.6. The average molecular weight is 268 g/mol. The standard InChI is InChI=1S/C13H11ClFNO2/c1-8(12-3-2-6-18-12)16-13(17)10-5-4-9(15)7-11(10)14/h2-8H,1H3,(H,16,17). The fraction of sp³-hybridized carbons (Fsp3) is 0.154. The Morgan fingerprint density at radius 1 is 1.44 bits per heavy atom. The van der Waals surface area contributed by atoms with Crippen LogP contribution in [0.5, 0.6) is 0 Å². The van der Waals surface area contributed by atoms with Gasteiger partial charge >= 0.3 is 0 Å². The largest absolute Gasteiger partial charge is 0.467 e. The average Bonchev–Trinajstić information content (AvgIpc) is 2.81. The molecule has 94 valence electrons. The Kier molecular flexibility index (Phi) is 3.67. The van der Waals surface area contributed by atoms with E-state index in [1.807, 2.05) is 0 Å². The molecule has 0 fully saturated rings. The third kappa shape index (κ3) is 2.71. The second kappa shape index (κ2) is 5.23. The van der Waals surface area contributed by atoms with Crippen molar-refractivity contribution in [3.63, 3.8) is 0 Å². The summed E-state index contributed by atoms with van der Waals surface area (Å²) in [6.45, 7) is 1.79. The van der Waals surface area contributed by atoms with Gasteiger partial charge in [-0.25, -0.2) is 4.39 Å². The van der Waals surface area contributed by atoms with E-state index >= 15 is 0 Å². The molecule has 0 aliphatic rings. The van der Waals surface area contributed by atoms with Crippen LogP contribution in [0.25, 0.3) is 0 Å². The monoisotopic (exact) mass is 267 g/mol. The van der Waals surface area contributed by atoms with Crippen LogP contribution >= 0.6 is 11.6 Å². The van der Waals surface area contributed by atoms with Crippen molar-refractivity contribution in [1.29, 1.82) is 0 Å². The minimum atomic E-state index is -0.476. The lowest BCUT2D eigenvalue weighted by molar-refractivity contribution is 0.0935. The van der Waals surface area contributed by atoms with Gasteiger partial charge in [-0.3, -0.25) is 4.79 Å². The van der Waals surface area contributed by atoms with Crippen molar-refractivity contribution in [3.8, 4) is 0 Å². The number of carbonyl (C=O) groups excluding carboxylic acids is 1. The van der Waals surface area contributed by atoms with Gasteiger partial charge in [-0.05, 0) is 37.3 Å². The number of rotatable bonds is 3. The first-order valence-corrected chi connectivity index (χ1v) is 5.75. The molecule has 18 heavy (non-hydrogen) atoms. The molecule has 1 atom stereocenters. The van der Waals surface area contributed by atoms with Crippen molar-refractivity contribution in [2.24, 2.45) is 0 Å². The summed E-state index contributed by atoms with van der Waals surface area (Å²) in [6.07, 6.45) is 1.53. The predicted molar refractivity (Wildman–Crippen MR) is 66.0 cm³/mol. The fourth-order valence-electron chi connectivity index (χ4n) is 1.56. The third-order valence-corrected chi connectivity index (χ3v) is 2.81. The van der Waals surface area contributed by atoms with Crippen LogP contribution in [0.15, 0.2) is 41.0 Å². The number of furan rings is 1. The fourth-order valence-corrected chi connectivity index (χ4v) is 1.81. The highest BCUT2D eigenvalue weighted by atomic mass is 35.5. The van der Waals surface area contributed by atoms with Gasteiger partial charge in [0.05, 0.1) is 22.9 Å². The van der Waals surface area contributed by atoms with Gasteiger partial charge < -0.3 is 9.73 Å². The van der Waals surface area contributed by atoms with Crippen LogP contribution < -0.4 is 5.32 Å². The number of carbonyl (C=O) groups is 1. The highest BCUT2D eigenvalue weighted by molar-refractivity contribution is 6.33. The van der Waals surface area contributed by atoms with E-state index in [4.69, 9.17) is 16.0 Å². The van der Waals surface area contributed by atoms with E-state index in [9.17, 15) is 9.18 Å². The number of halogens is 2. The summed E-state index contributed by atoms with van der Waals surface area (Å²) >= 11 is 5.81. The van der Waals surface area contributed by atoms with E-state index in [-0.39, 0.29) is 22.5 Å². The smallest absolute Gasteiger partial charge is 0.253 e. The van der Waals surface area contributed by atoms with Crippen LogP contribution in [0.3, 0.4) is 0 Å². The van der Waals surface area contributed by atoms with Gasteiger partial charge in [0.15, 0.2) is 0 Å². The Morgan fingerprint density at radius 2 is 2.22 bits per heavy atom. The zero-order chi connectivity index (χ0) is 13.1. The van der Waals surface area contributed by atoms with Crippen molar-refractivity contribution in [1.82, 2.24) is 5.32 Å². The Bertz CT molecular complexity index is 554. The van der Waals surface area contributed by atoms with E-state index in [1.165, 1.54) is 18.4 Å². The van der Waals surface area contributed by atoms with Crippen molar-refractivity contribution in [2.75, 3.05) is 0 Å². The van der Waals surface area contributed by atoms with E-state index in [0.29, 0.717) is 5.76 Å². The number of hydrogen-bond donors (Lipinski definition) is 1. The Morgan fingerprint density at radius 3 is 2.83 bits per heavy atom. The van der Waals surface area contributed by atoms with Gasteiger partial charge in [-0.15, -0.1) is 0 Å². The summed E-state index contributed by atoms with van der Waals surface area (Å²) in [5.41, 5.74) is 0.233. The van der Waals surface area contributed by atoms with E-state index in [0.717, 1.165) is 6.07 Å². The maximum atomic E-state index is 12.9. The molecular formula is C13H11ClFNO2. The summed E-state index contributed by atoms with van der Waals surface area (Å²) in [4.78, 5) is 11.9. The quantitative estimate of drug-likeness (QED) is 0.924. The Labute approximate surface area is 109 Å². The number of nitrogens with one attached hydrogen (secondary N) is 1. The number of amides is 1. The van der Waals surface area contributed by atoms with Gasteiger partial charge in [0, 0.05) is 0 Å². The molecule has 0 aliphatic heterocycles. The predicted octanol–water partition coefficient (Wildman–Crippen LogP) is 3.56. The second-order valence-corrected chi connectivity index (χ2v) is 4.24. The van der Waals surface area contributed by atoms with Crippen molar-refractivity contribution in [2.45, 2.75) is 13.0 Å². The van der Waals surface area contributed by atoms with E-state index in [2.05, 4.69) is 5.32 Å². The minimum absolute atomic E-state index is 0.0825. The highest BCUT2D eigenvalue weighted by Gasteiger charge is 2.15. The zero-order valence-corrected chi connectivity index (χ0v) is 10.4. The van der Waals surface area contributed by atoms with E-state index in [1.54, 1.807) is 19.1 Å². The number of benzene rings is 1. The normalized spacial score (nSPS) is 12.2. The lowest BCUT2D eigenvalue weighted by atomic mass is 10.2. The molecule has 1 aromatic heterocycles. The van der Waals surface area contributed by atoms with E-state index < -0.39 is 5.82 Å². The molecule has 0 saturated heterocycles. The van der Waals surface area contributed by atoms with Crippen molar-refractivity contribution < 1.29 is 13.6 Å². The summed E-state index contributed by atoms with van der Waals surface area (Å²) in [5.74, 6) is -0.207. The molecule has 0 aliphatic carbocycles. The lowest BCUT2D eigenvalue weighted by Crippen LogP contribution is -2.26. The van der Waals surface area contributed by atoms with Crippen LogP contribution in [0.2, 0.25) is 5.02 Å². The first-order chi connectivity index (χ1) is 8.58. The molecule has 1 N–H and O–H groups in total. The molecule has 3 nitrogen and oxygen atoms in total.